The quantitative estimate of drug-likeness (QED) is 0.523. The minimum absolute atomic E-state index is 0.0306. The second-order valence-electron chi connectivity index (χ2n) is 5.60. The molecule has 0 unspecified atom stereocenters. The minimum atomic E-state index is -3.92. The molecule has 0 radical (unpaired) electrons. The van der Waals surface area contributed by atoms with Gasteiger partial charge in [0.15, 0.2) is 6.61 Å². The van der Waals surface area contributed by atoms with Crippen LogP contribution in [-0.2, 0) is 30.9 Å². The lowest BCUT2D eigenvalue weighted by Crippen LogP contribution is -2.28. The highest BCUT2D eigenvalue weighted by atomic mass is 32.2. The molecule has 0 fully saturated rings. The van der Waals surface area contributed by atoms with Crippen LogP contribution in [0.2, 0.25) is 0 Å². The highest BCUT2D eigenvalue weighted by molar-refractivity contribution is 7.89. The zero-order valence-electron chi connectivity index (χ0n) is 15.2. The number of carbonyl (C=O) groups excluding carboxylic acids is 2. The third-order valence-electron chi connectivity index (χ3n) is 3.70. The second-order valence-corrected chi connectivity index (χ2v) is 7.54. The van der Waals surface area contributed by atoms with Gasteiger partial charge < -0.3 is 10.1 Å². The van der Waals surface area contributed by atoms with Crippen LogP contribution in [0.5, 0.6) is 0 Å². The van der Waals surface area contributed by atoms with E-state index in [2.05, 4.69) is 10.2 Å². The first-order chi connectivity index (χ1) is 13.2. The van der Waals surface area contributed by atoms with E-state index >= 15 is 0 Å². The normalized spacial score (nSPS) is 11.3. The summed E-state index contributed by atoms with van der Waals surface area (Å²) < 4.78 is 42.8. The number of ether oxygens (including phenoxy) is 1. The lowest BCUT2D eigenvalue weighted by Gasteiger charge is -2.14. The van der Waals surface area contributed by atoms with Crippen molar-refractivity contribution in [1.82, 2.24) is 9.79 Å². The molecule has 0 spiro atoms. The first-order valence-corrected chi connectivity index (χ1v) is 9.49. The maximum atomic E-state index is 12.8. The van der Waals surface area contributed by atoms with Crippen LogP contribution >= 0.6 is 0 Å². The average Bonchev–Trinajstić information content (AvgIpc) is 2.70. The molecule has 0 aromatic heterocycles. The number of hydrogen-bond acceptors (Lipinski definition) is 6. The summed E-state index contributed by atoms with van der Waals surface area (Å²) in [6.45, 7) is -0.400. The molecule has 150 valence electrons. The molecule has 0 saturated carbocycles. The molecule has 2 aromatic rings. The Morgan fingerprint density at radius 2 is 1.82 bits per heavy atom. The van der Waals surface area contributed by atoms with E-state index in [0.717, 1.165) is 6.07 Å². The predicted octanol–water partition coefficient (Wildman–Crippen LogP) is 1.48. The number of hydrogen-bond donors (Lipinski definition) is 1. The topological polar surface area (TPSA) is 102 Å². The van der Waals surface area contributed by atoms with Gasteiger partial charge in [0.25, 0.3) is 15.9 Å². The van der Waals surface area contributed by atoms with Crippen LogP contribution in [0.3, 0.4) is 0 Å². The van der Waals surface area contributed by atoms with Crippen LogP contribution in [0.25, 0.3) is 0 Å². The number of nitrogens with zero attached hydrogens (tertiary/aromatic N) is 1. The lowest BCUT2D eigenvalue weighted by molar-refractivity contribution is -0.124. The number of amides is 1. The highest BCUT2D eigenvalue weighted by Crippen LogP contribution is 2.16. The van der Waals surface area contributed by atoms with Gasteiger partial charge >= 0.3 is 5.97 Å². The third kappa shape index (κ3) is 5.59. The molecule has 0 bridgehead atoms. The molecule has 2 aromatic carbocycles. The molecular formula is C18H19FN2O6S. The monoisotopic (exact) mass is 410 g/mol. The first-order valence-electron chi connectivity index (χ1n) is 8.05. The second kappa shape index (κ2) is 9.40. The Bertz CT molecular complexity index is 947. The fourth-order valence-electron chi connectivity index (χ4n) is 2.10. The van der Waals surface area contributed by atoms with Gasteiger partial charge in [-0.2, -0.15) is 0 Å². The number of nitrogens with one attached hydrogen (secondary N) is 1. The zero-order valence-corrected chi connectivity index (χ0v) is 16.0. The molecule has 0 aliphatic heterocycles. The van der Waals surface area contributed by atoms with Gasteiger partial charge in [-0.3, -0.25) is 9.63 Å². The van der Waals surface area contributed by atoms with Crippen molar-refractivity contribution in [3.8, 4) is 0 Å². The number of sulfonamides is 1. The number of benzene rings is 2. The van der Waals surface area contributed by atoms with Gasteiger partial charge in [-0.15, -0.1) is 0 Å². The van der Waals surface area contributed by atoms with Crippen molar-refractivity contribution in [3.05, 3.63) is 65.5 Å². The summed E-state index contributed by atoms with van der Waals surface area (Å²) >= 11 is 0. The number of carbonyl (C=O) groups is 2. The van der Waals surface area contributed by atoms with E-state index < -0.39 is 28.5 Å². The van der Waals surface area contributed by atoms with Gasteiger partial charge in [-0.1, -0.05) is 22.7 Å². The summed E-state index contributed by atoms with van der Waals surface area (Å²) in [4.78, 5) is 28.4. The number of hydroxylamine groups is 1. The zero-order chi connectivity index (χ0) is 20.7. The van der Waals surface area contributed by atoms with E-state index in [9.17, 15) is 22.4 Å². The van der Waals surface area contributed by atoms with E-state index in [1.807, 2.05) is 0 Å². The molecule has 0 heterocycles. The summed E-state index contributed by atoms with van der Waals surface area (Å²) in [7, 11) is -1.51. The minimum Gasteiger partial charge on any atom is -0.452 e. The smallest absolute Gasteiger partial charge is 0.338 e. The molecular weight excluding hydrogens is 391 g/mol. The molecule has 10 heteroatoms. The van der Waals surface area contributed by atoms with Gasteiger partial charge in [-0.05, 0) is 35.9 Å². The molecule has 28 heavy (non-hydrogen) atoms. The Hall–Kier alpha value is -2.82. The van der Waals surface area contributed by atoms with E-state index in [-0.39, 0.29) is 22.8 Å². The van der Waals surface area contributed by atoms with Crippen LogP contribution < -0.4 is 5.32 Å². The summed E-state index contributed by atoms with van der Waals surface area (Å²) in [5.41, 5.74) is 0.651. The van der Waals surface area contributed by atoms with Crippen molar-refractivity contribution >= 4 is 21.9 Å². The van der Waals surface area contributed by atoms with Crippen molar-refractivity contribution in [2.45, 2.75) is 11.4 Å². The van der Waals surface area contributed by atoms with Crippen molar-refractivity contribution in [3.63, 3.8) is 0 Å². The fraction of sp³-hybridized carbons (Fsp3) is 0.222. The van der Waals surface area contributed by atoms with Crippen molar-refractivity contribution in [2.24, 2.45) is 0 Å². The Kier molecular flexibility index (Phi) is 7.21. The Balaban J connectivity index is 1.93. The van der Waals surface area contributed by atoms with E-state index in [0.29, 0.717) is 10.0 Å². The molecule has 1 N–H and O–H groups in total. The van der Waals surface area contributed by atoms with Crippen LogP contribution in [-0.4, -0.2) is 45.5 Å². The van der Waals surface area contributed by atoms with Crippen LogP contribution in [0.4, 0.5) is 4.39 Å². The molecule has 0 saturated heterocycles. The summed E-state index contributed by atoms with van der Waals surface area (Å²) in [5.74, 6) is -1.79. The third-order valence-corrected chi connectivity index (χ3v) is 5.38. The Labute approximate surface area is 161 Å². The van der Waals surface area contributed by atoms with Crippen LogP contribution in [0.15, 0.2) is 53.4 Å². The SMILES string of the molecule is CON(C)S(=O)(=O)c1cccc(C(=O)OCC(=O)NCc2ccc(F)cc2)c1. The van der Waals surface area contributed by atoms with Gasteiger partial charge in [-0.25, -0.2) is 17.6 Å². The predicted molar refractivity (Wildman–Crippen MR) is 96.9 cm³/mol. The summed E-state index contributed by atoms with van der Waals surface area (Å²) in [6, 6.07) is 10.7. The molecule has 8 nitrogen and oxygen atoms in total. The molecule has 2 rings (SSSR count). The number of rotatable bonds is 8. The van der Waals surface area contributed by atoms with E-state index in [1.54, 1.807) is 0 Å². The van der Waals surface area contributed by atoms with Crippen LogP contribution in [0.1, 0.15) is 15.9 Å². The molecule has 0 atom stereocenters. The molecule has 0 aliphatic rings. The van der Waals surface area contributed by atoms with Crippen molar-refractivity contribution in [2.75, 3.05) is 20.8 Å². The highest BCUT2D eigenvalue weighted by Gasteiger charge is 2.22. The Morgan fingerprint density at radius 3 is 2.46 bits per heavy atom. The van der Waals surface area contributed by atoms with Crippen molar-refractivity contribution in [1.29, 1.82) is 0 Å². The maximum absolute atomic E-state index is 12.8. The van der Waals surface area contributed by atoms with Crippen molar-refractivity contribution < 1.29 is 32.0 Å². The number of halogens is 1. The standard InChI is InChI=1S/C18H19FN2O6S/c1-21(26-2)28(24,25)16-5-3-4-14(10-16)18(23)27-12-17(22)20-11-13-6-8-15(19)9-7-13/h3-10H,11-12H2,1-2H3,(H,20,22). The molecule has 0 aliphatic carbocycles. The number of esters is 1. The van der Waals surface area contributed by atoms with E-state index in [1.165, 1.54) is 56.6 Å². The van der Waals surface area contributed by atoms with Gasteiger partial charge in [0.1, 0.15) is 5.82 Å². The Morgan fingerprint density at radius 1 is 1.14 bits per heavy atom. The average molecular weight is 410 g/mol. The largest absolute Gasteiger partial charge is 0.452 e. The lowest BCUT2D eigenvalue weighted by atomic mass is 10.2. The summed E-state index contributed by atoms with van der Waals surface area (Å²) in [6.07, 6.45) is 0. The first kappa shape index (κ1) is 21.5. The van der Waals surface area contributed by atoms with Gasteiger partial charge in [0, 0.05) is 13.6 Å². The molecule has 1 amide bonds. The van der Waals surface area contributed by atoms with E-state index in [4.69, 9.17) is 4.74 Å². The van der Waals surface area contributed by atoms with Gasteiger partial charge in [0.2, 0.25) is 0 Å². The van der Waals surface area contributed by atoms with Gasteiger partial charge in [0.05, 0.1) is 17.6 Å². The maximum Gasteiger partial charge on any atom is 0.338 e. The fourth-order valence-corrected chi connectivity index (χ4v) is 3.12. The summed E-state index contributed by atoms with van der Waals surface area (Å²) in [5, 5.41) is 2.53. The van der Waals surface area contributed by atoms with Crippen LogP contribution in [0, 0.1) is 5.82 Å².